The van der Waals surface area contributed by atoms with Crippen LogP contribution in [0.1, 0.15) is 43.4 Å². The van der Waals surface area contributed by atoms with Crippen LogP contribution in [0.4, 0.5) is 13.2 Å². The predicted octanol–water partition coefficient (Wildman–Crippen LogP) is 3.45. The summed E-state index contributed by atoms with van der Waals surface area (Å²) < 4.78 is 42.9. The van der Waals surface area contributed by atoms with Gasteiger partial charge in [0.25, 0.3) is 0 Å². The van der Waals surface area contributed by atoms with E-state index < -0.39 is 11.7 Å². The number of benzene rings is 1. The van der Waals surface area contributed by atoms with E-state index in [0.29, 0.717) is 19.4 Å². The molecule has 0 saturated carbocycles. The van der Waals surface area contributed by atoms with Crippen molar-refractivity contribution in [1.29, 1.82) is 0 Å². The Morgan fingerprint density at radius 2 is 2.00 bits per heavy atom. The summed E-state index contributed by atoms with van der Waals surface area (Å²) in [6.45, 7) is 2.41. The van der Waals surface area contributed by atoms with E-state index in [2.05, 4.69) is 5.32 Å². The highest BCUT2D eigenvalue weighted by Gasteiger charge is 2.31. The van der Waals surface area contributed by atoms with Gasteiger partial charge in [-0.05, 0) is 30.7 Å². The summed E-state index contributed by atoms with van der Waals surface area (Å²) in [4.78, 5) is 11.3. The monoisotopic (exact) mass is 301 g/mol. The Morgan fingerprint density at radius 1 is 1.33 bits per heavy atom. The molecule has 1 heterocycles. The van der Waals surface area contributed by atoms with Crippen LogP contribution in [0.15, 0.2) is 24.3 Å². The summed E-state index contributed by atoms with van der Waals surface area (Å²) in [5.74, 6) is -0.243. The first kappa shape index (κ1) is 15.8. The van der Waals surface area contributed by atoms with Gasteiger partial charge in [0.15, 0.2) is 0 Å². The lowest BCUT2D eigenvalue weighted by Gasteiger charge is -2.30. The number of rotatable bonds is 3. The Kier molecular flexibility index (Phi) is 4.88. The zero-order valence-electron chi connectivity index (χ0n) is 11.7. The largest absolute Gasteiger partial charge is 0.462 e. The number of ether oxygens (including phenoxy) is 1. The molecular weight excluding hydrogens is 283 g/mol. The molecule has 6 heteroatoms. The van der Waals surface area contributed by atoms with Gasteiger partial charge in [0, 0.05) is 18.9 Å². The first-order valence-corrected chi connectivity index (χ1v) is 7.00. The number of alkyl halides is 3. The van der Waals surface area contributed by atoms with E-state index in [9.17, 15) is 18.0 Å². The zero-order chi connectivity index (χ0) is 15.5. The number of esters is 1. The first-order chi connectivity index (χ1) is 9.90. The smallest absolute Gasteiger partial charge is 0.416 e. The van der Waals surface area contributed by atoms with Gasteiger partial charge in [-0.1, -0.05) is 19.1 Å². The van der Waals surface area contributed by atoms with Gasteiger partial charge in [-0.2, -0.15) is 13.2 Å². The lowest BCUT2D eigenvalue weighted by Crippen LogP contribution is -2.36. The standard InChI is InChI=1S/C15H18F3NO2/c1-2-14(20)21-12-7-8-19-13(9-12)10-3-5-11(6-4-10)15(16,17)18/h3-6,12-13,19H,2,7-9H2,1H3. The van der Waals surface area contributed by atoms with E-state index in [-0.39, 0.29) is 18.1 Å². The van der Waals surface area contributed by atoms with Crippen LogP contribution >= 0.6 is 0 Å². The Bertz CT molecular complexity index is 485. The summed E-state index contributed by atoms with van der Waals surface area (Å²) in [5.41, 5.74) is 0.122. The fourth-order valence-electron chi connectivity index (χ4n) is 2.42. The van der Waals surface area contributed by atoms with Crippen molar-refractivity contribution in [3.8, 4) is 0 Å². The maximum atomic E-state index is 12.5. The van der Waals surface area contributed by atoms with Gasteiger partial charge in [0.05, 0.1) is 5.56 Å². The third-order valence-electron chi connectivity index (χ3n) is 3.58. The van der Waals surface area contributed by atoms with Crippen LogP contribution in [0.25, 0.3) is 0 Å². The van der Waals surface area contributed by atoms with Gasteiger partial charge in [-0.15, -0.1) is 0 Å². The number of nitrogens with one attached hydrogen (secondary N) is 1. The number of hydrogen-bond donors (Lipinski definition) is 1. The molecule has 0 amide bonds. The molecule has 1 N–H and O–H groups in total. The molecule has 0 spiro atoms. The molecule has 1 fully saturated rings. The molecule has 1 aromatic rings. The van der Waals surface area contributed by atoms with Gasteiger partial charge < -0.3 is 10.1 Å². The van der Waals surface area contributed by atoms with Crippen molar-refractivity contribution in [2.45, 2.75) is 44.5 Å². The van der Waals surface area contributed by atoms with Crippen molar-refractivity contribution >= 4 is 5.97 Å². The highest BCUT2D eigenvalue weighted by atomic mass is 19.4. The van der Waals surface area contributed by atoms with Crippen molar-refractivity contribution in [2.24, 2.45) is 0 Å². The van der Waals surface area contributed by atoms with Crippen LogP contribution in [0, 0.1) is 0 Å². The quantitative estimate of drug-likeness (QED) is 0.869. The minimum absolute atomic E-state index is 0.0873. The van der Waals surface area contributed by atoms with Crippen molar-refractivity contribution < 1.29 is 22.7 Å². The first-order valence-electron chi connectivity index (χ1n) is 7.00. The molecule has 1 aliphatic rings. The average molecular weight is 301 g/mol. The second-order valence-corrected chi connectivity index (χ2v) is 5.12. The van der Waals surface area contributed by atoms with Crippen LogP contribution in [0.2, 0.25) is 0 Å². The predicted molar refractivity (Wildman–Crippen MR) is 71.6 cm³/mol. The van der Waals surface area contributed by atoms with Crippen LogP contribution < -0.4 is 5.32 Å². The highest BCUT2D eigenvalue weighted by Crippen LogP contribution is 2.31. The maximum absolute atomic E-state index is 12.5. The lowest BCUT2D eigenvalue weighted by molar-refractivity contribution is -0.150. The molecule has 0 radical (unpaired) electrons. The minimum Gasteiger partial charge on any atom is -0.462 e. The van der Waals surface area contributed by atoms with Crippen molar-refractivity contribution in [3.05, 3.63) is 35.4 Å². The van der Waals surface area contributed by atoms with Gasteiger partial charge in [-0.3, -0.25) is 4.79 Å². The maximum Gasteiger partial charge on any atom is 0.416 e. The van der Waals surface area contributed by atoms with Crippen molar-refractivity contribution in [3.63, 3.8) is 0 Å². The molecule has 1 aliphatic heterocycles. The summed E-state index contributed by atoms with van der Waals surface area (Å²) in [5, 5.41) is 3.24. The SMILES string of the molecule is CCC(=O)OC1CCNC(c2ccc(C(F)(F)F)cc2)C1. The lowest BCUT2D eigenvalue weighted by atomic mass is 9.94. The summed E-state index contributed by atoms with van der Waals surface area (Å²) in [6, 6.07) is 5.03. The van der Waals surface area contributed by atoms with Gasteiger partial charge in [0.1, 0.15) is 6.10 Å². The fraction of sp³-hybridized carbons (Fsp3) is 0.533. The second-order valence-electron chi connectivity index (χ2n) is 5.12. The Morgan fingerprint density at radius 3 is 2.57 bits per heavy atom. The summed E-state index contributed by atoms with van der Waals surface area (Å²) >= 11 is 0. The van der Waals surface area contributed by atoms with E-state index in [1.165, 1.54) is 12.1 Å². The van der Waals surface area contributed by atoms with E-state index in [1.807, 2.05) is 0 Å². The van der Waals surface area contributed by atoms with Gasteiger partial charge in [-0.25, -0.2) is 0 Å². The molecular formula is C15H18F3NO2. The number of carbonyl (C=O) groups excluding carboxylic acids is 1. The number of carbonyl (C=O) groups is 1. The Hall–Kier alpha value is -1.56. The molecule has 116 valence electrons. The molecule has 2 rings (SSSR count). The number of piperidine rings is 1. The molecule has 2 unspecified atom stereocenters. The molecule has 3 nitrogen and oxygen atoms in total. The van der Waals surface area contributed by atoms with Crippen molar-refractivity contribution in [2.75, 3.05) is 6.54 Å². The Balaban J connectivity index is 2.02. The fourth-order valence-corrected chi connectivity index (χ4v) is 2.42. The third-order valence-corrected chi connectivity index (χ3v) is 3.58. The second kappa shape index (κ2) is 6.47. The third kappa shape index (κ3) is 4.20. The van der Waals surface area contributed by atoms with Crippen LogP contribution in [0.5, 0.6) is 0 Å². The van der Waals surface area contributed by atoms with Crippen molar-refractivity contribution in [1.82, 2.24) is 5.32 Å². The molecule has 2 atom stereocenters. The van der Waals surface area contributed by atoms with Gasteiger partial charge in [0.2, 0.25) is 0 Å². The van der Waals surface area contributed by atoms with E-state index >= 15 is 0 Å². The molecule has 0 aliphatic carbocycles. The average Bonchev–Trinajstić information content (AvgIpc) is 2.46. The molecule has 1 aromatic carbocycles. The Labute approximate surface area is 121 Å². The minimum atomic E-state index is -4.32. The number of hydrogen-bond acceptors (Lipinski definition) is 3. The van der Waals surface area contributed by atoms with Gasteiger partial charge >= 0.3 is 12.1 Å². The molecule has 0 aromatic heterocycles. The summed E-state index contributed by atoms with van der Waals surface area (Å²) in [7, 11) is 0. The highest BCUT2D eigenvalue weighted by molar-refractivity contribution is 5.69. The normalized spacial score (nSPS) is 22.9. The van der Waals surface area contributed by atoms with E-state index in [0.717, 1.165) is 24.1 Å². The van der Waals surface area contributed by atoms with Crippen LogP contribution in [-0.2, 0) is 15.7 Å². The topological polar surface area (TPSA) is 38.3 Å². The summed E-state index contributed by atoms with van der Waals surface area (Å²) in [6.07, 6.45) is -2.86. The van der Waals surface area contributed by atoms with Crippen LogP contribution in [0.3, 0.4) is 0 Å². The zero-order valence-corrected chi connectivity index (χ0v) is 11.7. The van der Waals surface area contributed by atoms with E-state index in [1.54, 1.807) is 6.92 Å². The van der Waals surface area contributed by atoms with Crippen LogP contribution in [-0.4, -0.2) is 18.6 Å². The molecule has 21 heavy (non-hydrogen) atoms. The van der Waals surface area contributed by atoms with E-state index in [4.69, 9.17) is 4.74 Å². The number of halogens is 3. The molecule has 1 saturated heterocycles. The molecule has 0 bridgehead atoms.